The Balaban J connectivity index is 1.94. The summed E-state index contributed by atoms with van der Waals surface area (Å²) < 4.78 is 0. The van der Waals surface area contributed by atoms with E-state index in [9.17, 15) is 14.9 Å². The first-order valence-corrected chi connectivity index (χ1v) is 6.50. The highest BCUT2D eigenvalue weighted by atomic mass is 16.6. The molecule has 108 valence electrons. The molecule has 1 aromatic heterocycles. The van der Waals surface area contributed by atoms with E-state index < -0.39 is 4.92 Å². The first-order chi connectivity index (χ1) is 10.1. The third-order valence-electron chi connectivity index (χ3n) is 3.02. The topological polar surface area (TPSA) is 85.1 Å². The fraction of sp³-hybridized carbons (Fsp3) is 0.200. The number of carbonyl (C=O) groups excluding carboxylic acids is 1. The lowest BCUT2D eigenvalue weighted by atomic mass is 10.1. The molecule has 21 heavy (non-hydrogen) atoms. The van der Waals surface area contributed by atoms with Crippen molar-refractivity contribution in [3.8, 4) is 0 Å². The van der Waals surface area contributed by atoms with Crippen molar-refractivity contribution in [2.75, 3.05) is 0 Å². The molecule has 0 aliphatic carbocycles. The van der Waals surface area contributed by atoms with Gasteiger partial charge in [0.25, 0.3) is 5.69 Å². The summed E-state index contributed by atoms with van der Waals surface area (Å²) in [5.74, 6) is -0.151. The molecule has 0 aliphatic rings. The van der Waals surface area contributed by atoms with E-state index in [0.29, 0.717) is 0 Å². The summed E-state index contributed by atoms with van der Waals surface area (Å²) in [7, 11) is 0. The van der Waals surface area contributed by atoms with Gasteiger partial charge in [-0.2, -0.15) is 0 Å². The molecule has 1 amide bonds. The van der Waals surface area contributed by atoms with Crippen LogP contribution >= 0.6 is 0 Å². The van der Waals surface area contributed by atoms with Gasteiger partial charge in [0.2, 0.25) is 5.91 Å². The van der Waals surface area contributed by atoms with Gasteiger partial charge in [0, 0.05) is 18.3 Å². The molecule has 1 N–H and O–H groups in total. The highest BCUT2D eigenvalue weighted by Crippen LogP contribution is 2.13. The standard InChI is InChI=1S/C15H15N3O3/c1-11(14-4-2-3-9-16-14)17-15(19)10-12-5-7-13(8-6-12)18(20)21/h2-9,11H,10H2,1H3,(H,17,19). The van der Waals surface area contributed by atoms with Crippen LogP contribution < -0.4 is 5.32 Å². The van der Waals surface area contributed by atoms with E-state index in [1.54, 1.807) is 18.3 Å². The molecule has 0 radical (unpaired) electrons. The number of benzene rings is 1. The Hall–Kier alpha value is -2.76. The van der Waals surface area contributed by atoms with Crippen molar-refractivity contribution in [3.63, 3.8) is 0 Å². The van der Waals surface area contributed by atoms with Gasteiger partial charge in [0.1, 0.15) is 0 Å². The number of pyridine rings is 1. The largest absolute Gasteiger partial charge is 0.348 e. The zero-order valence-corrected chi connectivity index (χ0v) is 11.5. The van der Waals surface area contributed by atoms with Crippen molar-refractivity contribution in [1.82, 2.24) is 10.3 Å². The van der Waals surface area contributed by atoms with Crippen LogP contribution in [0.25, 0.3) is 0 Å². The van der Waals surface area contributed by atoms with Crippen LogP contribution in [0, 0.1) is 10.1 Å². The summed E-state index contributed by atoms with van der Waals surface area (Å²) in [4.78, 5) is 26.2. The van der Waals surface area contributed by atoms with E-state index in [1.807, 2.05) is 25.1 Å². The Labute approximate surface area is 122 Å². The molecule has 6 nitrogen and oxygen atoms in total. The number of amides is 1. The molecule has 2 rings (SSSR count). The van der Waals surface area contributed by atoms with E-state index in [2.05, 4.69) is 10.3 Å². The molecule has 0 spiro atoms. The molecule has 6 heteroatoms. The SMILES string of the molecule is CC(NC(=O)Cc1ccc([N+](=O)[O-])cc1)c1ccccn1. The lowest BCUT2D eigenvalue weighted by Crippen LogP contribution is -2.28. The average molecular weight is 285 g/mol. The number of carbonyl (C=O) groups is 1. The Morgan fingerprint density at radius 3 is 2.57 bits per heavy atom. The summed E-state index contributed by atoms with van der Waals surface area (Å²) in [6.07, 6.45) is 1.85. The van der Waals surface area contributed by atoms with Gasteiger partial charge in [-0.1, -0.05) is 18.2 Å². The molecule has 0 aliphatic heterocycles. The number of nitro groups is 1. The molecule has 1 atom stereocenters. The molecule has 0 saturated carbocycles. The Morgan fingerprint density at radius 1 is 1.29 bits per heavy atom. The number of aromatic nitrogens is 1. The molecule has 0 fully saturated rings. The van der Waals surface area contributed by atoms with E-state index in [0.717, 1.165) is 11.3 Å². The third-order valence-corrected chi connectivity index (χ3v) is 3.02. The Kier molecular flexibility index (Phi) is 4.61. The summed E-state index contributed by atoms with van der Waals surface area (Å²) in [5, 5.41) is 13.4. The Morgan fingerprint density at radius 2 is 2.00 bits per heavy atom. The van der Waals surface area contributed by atoms with Gasteiger partial charge in [0.15, 0.2) is 0 Å². The first kappa shape index (κ1) is 14.6. The fourth-order valence-corrected chi connectivity index (χ4v) is 1.92. The maximum Gasteiger partial charge on any atom is 0.269 e. The van der Waals surface area contributed by atoms with Gasteiger partial charge in [-0.15, -0.1) is 0 Å². The van der Waals surface area contributed by atoms with Gasteiger partial charge in [0.05, 0.1) is 23.1 Å². The van der Waals surface area contributed by atoms with Crippen molar-refractivity contribution in [2.24, 2.45) is 0 Å². The van der Waals surface area contributed by atoms with Gasteiger partial charge < -0.3 is 5.32 Å². The molecule has 0 saturated heterocycles. The molecular weight excluding hydrogens is 270 g/mol. The number of nitrogens with zero attached hydrogens (tertiary/aromatic N) is 2. The van der Waals surface area contributed by atoms with Gasteiger partial charge in [-0.3, -0.25) is 19.9 Å². The van der Waals surface area contributed by atoms with Crippen molar-refractivity contribution in [2.45, 2.75) is 19.4 Å². The third kappa shape index (κ3) is 4.10. The highest BCUT2D eigenvalue weighted by Gasteiger charge is 2.11. The minimum Gasteiger partial charge on any atom is -0.348 e. The minimum atomic E-state index is -0.465. The van der Waals surface area contributed by atoms with Crippen molar-refractivity contribution in [3.05, 3.63) is 70.0 Å². The monoisotopic (exact) mass is 285 g/mol. The number of non-ortho nitro benzene ring substituents is 1. The summed E-state index contributed by atoms with van der Waals surface area (Å²) >= 11 is 0. The molecular formula is C15H15N3O3. The highest BCUT2D eigenvalue weighted by molar-refractivity contribution is 5.79. The molecule has 2 aromatic rings. The van der Waals surface area contributed by atoms with Crippen LogP contribution in [0.3, 0.4) is 0 Å². The maximum absolute atomic E-state index is 11.9. The maximum atomic E-state index is 11.9. The second kappa shape index (κ2) is 6.60. The summed E-state index contributed by atoms with van der Waals surface area (Å²) in [6, 6.07) is 11.3. The normalized spacial score (nSPS) is 11.7. The second-order valence-corrected chi connectivity index (χ2v) is 4.64. The zero-order chi connectivity index (χ0) is 15.2. The molecule has 1 aromatic carbocycles. The smallest absolute Gasteiger partial charge is 0.269 e. The average Bonchev–Trinajstić information content (AvgIpc) is 2.48. The van der Waals surface area contributed by atoms with Crippen molar-refractivity contribution in [1.29, 1.82) is 0 Å². The van der Waals surface area contributed by atoms with Gasteiger partial charge in [-0.05, 0) is 24.6 Å². The Bertz CT molecular complexity index is 626. The molecule has 1 unspecified atom stereocenters. The van der Waals surface area contributed by atoms with E-state index >= 15 is 0 Å². The minimum absolute atomic E-state index is 0.0148. The molecule has 0 bridgehead atoms. The second-order valence-electron chi connectivity index (χ2n) is 4.64. The lowest BCUT2D eigenvalue weighted by molar-refractivity contribution is -0.384. The van der Waals surface area contributed by atoms with Crippen LogP contribution in [0.15, 0.2) is 48.7 Å². The van der Waals surface area contributed by atoms with E-state index in [-0.39, 0.29) is 24.1 Å². The number of nitro benzene ring substituents is 1. The number of nitrogens with one attached hydrogen (secondary N) is 1. The quantitative estimate of drug-likeness (QED) is 0.675. The first-order valence-electron chi connectivity index (χ1n) is 6.50. The summed E-state index contributed by atoms with van der Waals surface area (Å²) in [5.41, 5.74) is 1.53. The fourth-order valence-electron chi connectivity index (χ4n) is 1.92. The van der Waals surface area contributed by atoms with Crippen LogP contribution in [0.4, 0.5) is 5.69 Å². The van der Waals surface area contributed by atoms with Crippen LogP contribution in [0.5, 0.6) is 0 Å². The predicted octanol–water partition coefficient (Wildman–Crippen LogP) is 2.41. The van der Waals surface area contributed by atoms with E-state index in [1.165, 1.54) is 12.1 Å². The van der Waals surface area contributed by atoms with Crippen LogP contribution in [-0.2, 0) is 11.2 Å². The van der Waals surface area contributed by atoms with Crippen LogP contribution in [-0.4, -0.2) is 15.8 Å². The van der Waals surface area contributed by atoms with Gasteiger partial charge >= 0.3 is 0 Å². The number of hydrogen-bond donors (Lipinski definition) is 1. The zero-order valence-electron chi connectivity index (χ0n) is 11.5. The van der Waals surface area contributed by atoms with Gasteiger partial charge in [-0.25, -0.2) is 0 Å². The lowest BCUT2D eigenvalue weighted by Gasteiger charge is -2.13. The predicted molar refractivity (Wildman–Crippen MR) is 77.6 cm³/mol. The van der Waals surface area contributed by atoms with Crippen LogP contribution in [0.2, 0.25) is 0 Å². The van der Waals surface area contributed by atoms with Crippen LogP contribution in [0.1, 0.15) is 24.2 Å². The number of hydrogen-bond acceptors (Lipinski definition) is 4. The van der Waals surface area contributed by atoms with Crippen molar-refractivity contribution < 1.29 is 9.72 Å². The summed E-state index contributed by atoms with van der Waals surface area (Å²) in [6.45, 7) is 1.86. The van der Waals surface area contributed by atoms with E-state index in [4.69, 9.17) is 0 Å². The molecule has 1 heterocycles. The van der Waals surface area contributed by atoms with Crippen molar-refractivity contribution >= 4 is 11.6 Å². The number of rotatable bonds is 5.